The molecule has 156 valence electrons. The van der Waals surface area contributed by atoms with Gasteiger partial charge in [-0.05, 0) is 38.1 Å². The molecule has 1 aromatic heterocycles. The fourth-order valence-corrected chi connectivity index (χ4v) is 4.41. The molecule has 4 rings (SSSR count). The molecule has 2 aromatic rings. The zero-order chi connectivity index (χ0) is 20.2. The molecular formula is C21H28N4O4. The van der Waals surface area contributed by atoms with Gasteiger partial charge in [0.2, 0.25) is 0 Å². The summed E-state index contributed by atoms with van der Waals surface area (Å²) in [5.41, 5.74) is 0.481. The van der Waals surface area contributed by atoms with E-state index in [-0.39, 0.29) is 18.0 Å². The minimum absolute atomic E-state index is 0.179. The molecule has 2 aliphatic rings. The van der Waals surface area contributed by atoms with E-state index in [0.717, 1.165) is 25.9 Å². The first-order valence-corrected chi connectivity index (χ1v) is 10.2. The van der Waals surface area contributed by atoms with Gasteiger partial charge in [-0.1, -0.05) is 12.5 Å². The molecule has 29 heavy (non-hydrogen) atoms. The maximum Gasteiger partial charge on any atom is 0.254 e. The third-order valence-corrected chi connectivity index (χ3v) is 5.85. The Morgan fingerprint density at radius 3 is 2.79 bits per heavy atom. The van der Waals surface area contributed by atoms with Crippen LogP contribution in [0.2, 0.25) is 0 Å². The van der Waals surface area contributed by atoms with Gasteiger partial charge in [-0.3, -0.25) is 14.8 Å². The molecule has 1 aliphatic heterocycles. The molecule has 0 unspecified atom stereocenters. The predicted molar refractivity (Wildman–Crippen MR) is 107 cm³/mol. The van der Waals surface area contributed by atoms with Crippen molar-refractivity contribution in [2.45, 2.75) is 50.0 Å². The second-order valence-electron chi connectivity index (χ2n) is 7.72. The number of hydrogen-bond donors (Lipinski definition) is 3. The SMILES string of the molecule is COc1cccc(O[C@@H]2C[C@@H](NC(=O)c3cn[nH]c3)[C@H](N3CCCCC3)[C@H]2O)c1. The summed E-state index contributed by atoms with van der Waals surface area (Å²) >= 11 is 0. The first kappa shape index (κ1) is 19.7. The monoisotopic (exact) mass is 400 g/mol. The lowest BCUT2D eigenvalue weighted by molar-refractivity contribution is 0.00141. The van der Waals surface area contributed by atoms with Crippen LogP contribution in [-0.4, -0.2) is 70.6 Å². The highest BCUT2D eigenvalue weighted by atomic mass is 16.5. The summed E-state index contributed by atoms with van der Waals surface area (Å²) in [6.45, 7) is 1.84. The van der Waals surface area contributed by atoms with Crippen molar-refractivity contribution < 1.29 is 19.4 Å². The largest absolute Gasteiger partial charge is 0.497 e. The van der Waals surface area contributed by atoms with Gasteiger partial charge in [0.25, 0.3) is 5.91 Å². The van der Waals surface area contributed by atoms with Crippen LogP contribution in [0.1, 0.15) is 36.0 Å². The Balaban J connectivity index is 1.52. The number of ether oxygens (including phenoxy) is 2. The van der Waals surface area contributed by atoms with Crippen LogP contribution in [0.3, 0.4) is 0 Å². The average molecular weight is 400 g/mol. The number of H-pyrrole nitrogens is 1. The zero-order valence-electron chi connectivity index (χ0n) is 16.6. The van der Waals surface area contributed by atoms with Gasteiger partial charge in [-0.25, -0.2) is 0 Å². The highest BCUT2D eigenvalue weighted by Gasteiger charge is 2.47. The van der Waals surface area contributed by atoms with Crippen molar-refractivity contribution in [1.29, 1.82) is 0 Å². The number of hydrogen-bond acceptors (Lipinski definition) is 6. The fraction of sp³-hybridized carbons (Fsp3) is 0.524. The van der Waals surface area contributed by atoms with Gasteiger partial charge in [0.05, 0.1) is 31.0 Å². The van der Waals surface area contributed by atoms with E-state index in [0.29, 0.717) is 23.5 Å². The lowest BCUT2D eigenvalue weighted by Gasteiger charge is -2.37. The van der Waals surface area contributed by atoms with Gasteiger partial charge in [-0.2, -0.15) is 5.10 Å². The minimum atomic E-state index is -0.700. The molecule has 2 fully saturated rings. The maximum atomic E-state index is 12.6. The van der Waals surface area contributed by atoms with Crippen LogP contribution in [0.4, 0.5) is 0 Å². The highest BCUT2D eigenvalue weighted by Crippen LogP contribution is 2.32. The predicted octanol–water partition coefficient (Wildman–Crippen LogP) is 1.58. The number of benzene rings is 1. The number of aliphatic hydroxyl groups excluding tert-OH is 1. The topological polar surface area (TPSA) is 99.7 Å². The van der Waals surface area contributed by atoms with Crippen LogP contribution in [0, 0.1) is 0 Å². The number of nitrogens with one attached hydrogen (secondary N) is 2. The number of rotatable bonds is 6. The molecule has 1 amide bonds. The Labute approximate surface area is 170 Å². The van der Waals surface area contributed by atoms with E-state index >= 15 is 0 Å². The quantitative estimate of drug-likeness (QED) is 0.681. The van der Waals surface area contributed by atoms with Gasteiger partial charge in [0.15, 0.2) is 0 Å². The molecule has 2 heterocycles. The molecule has 1 aromatic carbocycles. The number of aromatic nitrogens is 2. The Kier molecular flexibility index (Phi) is 6.01. The summed E-state index contributed by atoms with van der Waals surface area (Å²) in [6, 6.07) is 6.98. The number of carbonyl (C=O) groups excluding carboxylic acids is 1. The van der Waals surface area contributed by atoms with E-state index < -0.39 is 12.2 Å². The number of likely N-dealkylation sites (tertiary alicyclic amines) is 1. The van der Waals surface area contributed by atoms with Gasteiger partial charge < -0.3 is 19.9 Å². The number of aromatic amines is 1. The summed E-state index contributed by atoms with van der Waals surface area (Å²) in [5, 5.41) is 20.7. The molecule has 1 aliphatic carbocycles. The van der Waals surface area contributed by atoms with Crippen molar-refractivity contribution in [3.8, 4) is 11.5 Å². The van der Waals surface area contributed by atoms with Crippen LogP contribution in [0.25, 0.3) is 0 Å². The normalized spacial score (nSPS) is 27.5. The van der Waals surface area contributed by atoms with Crippen LogP contribution in [0.5, 0.6) is 11.5 Å². The molecule has 4 atom stereocenters. The molecule has 8 nitrogen and oxygen atoms in total. The summed E-state index contributed by atoms with van der Waals surface area (Å²) in [4.78, 5) is 14.9. The summed E-state index contributed by atoms with van der Waals surface area (Å²) in [7, 11) is 1.61. The Morgan fingerprint density at radius 2 is 2.07 bits per heavy atom. The number of methoxy groups -OCH3 is 1. The first-order chi connectivity index (χ1) is 14.2. The van der Waals surface area contributed by atoms with Gasteiger partial charge >= 0.3 is 0 Å². The second kappa shape index (κ2) is 8.84. The third kappa shape index (κ3) is 4.38. The van der Waals surface area contributed by atoms with Crippen LogP contribution < -0.4 is 14.8 Å². The second-order valence-corrected chi connectivity index (χ2v) is 7.72. The van der Waals surface area contributed by atoms with Gasteiger partial charge in [0, 0.05) is 18.7 Å². The highest BCUT2D eigenvalue weighted by molar-refractivity contribution is 5.93. The van der Waals surface area contributed by atoms with Crippen molar-refractivity contribution in [3.05, 3.63) is 42.2 Å². The molecule has 3 N–H and O–H groups in total. The molecule has 0 radical (unpaired) electrons. The average Bonchev–Trinajstić information content (AvgIpc) is 3.38. The smallest absolute Gasteiger partial charge is 0.254 e. The molecule has 0 spiro atoms. The first-order valence-electron chi connectivity index (χ1n) is 10.2. The van der Waals surface area contributed by atoms with Crippen LogP contribution in [0.15, 0.2) is 36.7 Å². The number of carbonyl (C=O) groups is 1. The number of nitrogens with zero attached hydrogens (tertiary/aromatic N) is 2. The van der Waals surface area contributed by atoms with Crippen molar-refractivity contribution in [2.75, 3.05) is 20.2 Å². The summed E-state index contributed by atoms with van der Waals surface area (Å²) < 4.78 is 11.4. The standard InChI is InChI=1S/C21H28N4O4/c1-28-15-6-5-7-16(10-15)29-18-11-17(24-21(27)14-12-22-23-13-14)19(20(18)26)25-8-3-2-4-9-25/h5-7,10,12-13,17-20,26H,2-4,8-9,11H2,1H3,(H,22,23)(H,24,27)/t17-,18-,19+,20+/m1/s1. The van der Waals surface area contributed by atoms with E-state index in [1.807, 2.05) is 18.2 Å². The number of aliphatic hydroxyl groups is 1. The molecule has 8 heteroatoms. The summed E-state index contributed by atoms with van der Waals surface area (Å²) in [5.74, 6) is 1.15. The van der Waals surface area contributed by atoms with Crippen molar-refractivity contribution >= 4 is 5.91 Å². The van der Waals surface area contributed by atoms with E-state index in [1.165, 1.54) is 12.6 Å². The maximum absolute atomic E-state index is 12.6. The minimum Gasteiger partial charge on any atom is -0.497 e. The Bertz CT molecular complexity index is 807. The van der Waals surface area contributed by atoms with E-state index in [4.69, 9.17) is 9.47 Å². The van der Waals surface area contributed by atoms with E-state index in [9.17, 15) is 9.90 Å². The number of amides is 1. The van der Waals surface area contributed by atoms with Gasteiger partial charge in [0.1, 0.15) is 23.7 Å². The Morgan fingerprint density at radius 1 is 1.28 bits per heavy atom. The third-order valence-electron chi connectivity index (χ3n) is 5.85. The lowest BCUT2D eigenvalue weighted by Crippen LogP contribution is -2.54. The van der Waals surface area contributed by atoms with Crippen molar-refractivity contribution in [1.82, 2.24) is 20.4 Å². The summed E-state index contributed by atoms with van der Waals surface area (Å²) in [6.07, 6.45) is 5.90. The van der Waals surface area contributed by atoms with Gasteiger partial charge in [-0.15, -0.1) is 0 Å². The number of piperidine rings is 1. The lowest BCUT2D eigenvalue weighted by atomic mass is 10.0. The van der Waals surface area contributed by atoms with Crippen molar-refractivity contribution in [3.63, 3.8) is 0 Å². The zero-order valence-corrected chi connectivity index (χ0v) is 16.6. The van der Waals surface area contributed by atoms with Crippen LogP contribution >= 0.6 is 0 Å². The van der Waals surface area contributed by atoms with E-state index in [1.54, 1.807) is 19.4 Å². The van der Waals surface area contributed by atoms with E-state index in [2.05, 4.69) is 20.4 Å². The fourth-order valence-electron chi connectivity index (χ4n) is 4.41. The molecule has 1 saturated carbocycles. The molecule has 1 saturated heterocycles. The molecular weight excluding hydrogens is 372 g/mol. The van der Waals surface area contributed by atoms with Crippen molar-refractivity contribution in [2.24, 2.45) is 0 Å². The Hall–Kier alpha value is -2.58. The molecule has 0 bridgehead atoms. The van der Waals surface area contributed by atoms with Crippen LogP contribution in [-0.2, 0) is 0 Å².